The largest absolute Gasteiger partial charge is 0.416 e. The fraction of sp³-hybridized carbons (Fsp3) is 0.0667. The van der Waals surface area contributed by atoms with Gasteiger partial charge in [0.15, 0.2) is 5.13 Å². The van der Waals surface area contributed by atoms with Crippen LogP contribution in [0.3, 0.4) is 0 Å². The third kappa shape index (κ3) is 3.77. The van der Waals surface area contributed by atoms with Crippen molar-refractivity contribution < 1.29 is 18.0 Å². The van der Waals surface area contributed by atoms with Gasteiger partial charge >= 0.3 is 12.2 Å². The molecule has 2 amide bonds. The molecule has 0 aliphatic rings. The highest BCUT2D eigenvalue weighted by atomic mass is 35.5. The summed E-state index contributed by atoms with van der Waals surface area (Å²) >= 11 is 6.78. The molecule has 24 heavy (non-hydrogen) atoms. The summed E-state index contributed by atoms with van der Waals surface area (Å²) in [7, 11) is 0. The minimum Gasteiger partial charge on any atom is -0.308 e. The molecule has 3 aromatic rings. The molecule has 0 aliphatic carbocycles. The van der Waals surface area contributed by atoms with E-state index in [1.54, 1.807) is 24.3 Å². The summed E-state index contributed by atoms with van der Waals surface area (Å²) < 4.78 is 38.4. The summed E-state index contributed by atoms with van der Waals surface area (Å²) in [6, 6.07) is 9.23. The van der Waals surface area contributed by atoms with Crippen LogP contribution >= 0.6 is 22.9 Å². The van der Waals surface area contributed by atoms with Crippen molar-refractivity contribution in [3.8, 4) is 0 Å². The maximum atomic E-state index is 12.7. The van der Waals surface area contributed by atoms with Gasteiger partial charge in [-0.15, -0.1) is 0 Å². The number of hydrogen-bond acceptors (Lipinski definition) is 3. The van der Waals surface area contributed by atoms with Crippen molar-refractivity contribution in [3.05, 3.63) is 53.1 Å². The number of urea groups is 1. The molecule has 9 heteroatoms. The van der Waals surface area contributed by atoms with Gasteiger partial charge in [-0.05, 0) is 36.4 Å². The van der Waals surface area contributed by atoms with Gasteiger partial charge in [0.25, 0.3) is 0 Å². The summed E-state index contributed by atoms with van der Waals surface area (Å²) in [6.07, 6.45) is -4.42. The number of carbonyl (C=O) groups excluding carboxylic acids is 1. The maximum Gasteiger partial charge on any atom is 0.416 e. The molecule has 124 valence electrons. The van der Waals surface area contributed by atoms with E-state index in [2.05, 4.69) is 15.6 Å². The van der Waals surface area contributed by atoms with Gasteiger partial charge in [-0.3, -0.25) is 5.32 Å². The maximum absolute atomic E-state index is 12.7. The number of hydrogen-bond donors (Lipinski definition) is 2. The molecule has 1 aromatic heterocycles. The van der Waals surface area contributed by atoms with E-state index in [1.807, 2.05) is 0 Å². The molecule has 0 spiro atoms. The summed E-state index contributed by atoms with van der Waals surface area (Å²) in [5.41, 5.74) is 0.111. The highest BCUT2D eigenvalue weighted by Gasteiger charge is 2.30. The first-order valence-electron chi connectivity index (χ1n) is 6.62. The van der Waals surface area contributed by atoms with Gasteiger partial charge in [0, 0.05) is 10.7 Å². The van der Waals surface area contributed by atoms with Gasteiger partial charge in [0.2, 0.25) is 0 Å². The molecule has 0 saturated heterocycles. The quantitative estimate of drug-likeness (QED) is 0.615. The summed E-state index contributed by atoms with van der Waals surface area (Å²) in [4.78, 5) is 16.0. The van der Waals surface area contributed by atoms with Crippen molar-refractivity contribution in [1.82, 2.24) is 4.98 Å². The first kappa shape index (κ1) is 16.5. The Morgan fingerprint density at radius 2 is 1.92 bits per heavy atom. The van der Waals surface area contributed by atoms with E-state index >= 15 is 0 Å². The number of nitrogens with one attached hydrogen (secondary N) is 2. The monoisotopic (exact) mass is 371 g/mol. The van der Waals surface area contributed by atoms with E-state index < -0.39 is 17.8 Å². The van der Waals surface area contributed by atoms with Crippen molar-refractivity contribution in [2.24, 2.45) is 0 Å². The van der Waals surface area contributed by atoms with Gasteiger partial charge in [-0.2, -0.15) is 13.2 Å². The number of carbonyl (C=O) groups is 1. The van der Waals surface area contributed by atoms with E-state index in [0.717, 1.165) is 23.5 Å². The second-order valence-electron chi connectivity index (χ2n) is 4.79. The zero-order chi connectivity index (χ0) is 17.3. The highest BCUT2D eigenvalue weighted by molar-refractivity contribution is 7.22. The fourth-order valence-corrected chi connectivity index (χ4v) is 3.07. The van der Waals surface area contributed by atoms with Gasteiger partial charge in [0.1, 0.15) is 0 Å². The predicted molar refractivity (Wildman–Crippen MR) is 88.7 cm³/mol. The molecule has 0 saturated carbocycles. The van der Waals surface area contributed by atoms with E-state index in [4.69, 9.17) is 11.6 Å². The van der Waals surface area contributed by atoms with Gasteiger partial charge < -0.3 is 5.32 Å². The summed E-state index contributed by atoms with van der Waals surface area (Å²) in [5.74, 6) is 0. The van der Waals surface area contributed by atoms with E-state index in [0.29, 0.717) is 20.9 Å². The smallest absolute Gasteiger partial charge is 0.308 e. The number of fused-ring (bicyclic) bond motifs is 1. The van der Waals surface area contributed by atoms with Crippen LogP contribution in [0.15, 0.2) is 42.5 Å². The first-order valence-corrected chi connectivity index (χ1v) is 7.82. The fourth-order valence-electron chi connectivity index (χ4n) is 1.98. The number of anilines is 2. The van der Waals surface area contributed by atoms with Crippen molar-refractivity contribution in [1.29, 1.82) is 0 Å². The average molecular weight is 372 g/mol. The average Bonchev–Trinajstić information content (AvgIpc) is 2.87. The Balaban J connectivity index is 1.76. The Kier molecular flexibility index (Phi) is 4.33. The first-order chi connectivity index (χ1) is 11.3. The molecule has 2 aromatic carbocycles. The minimum atomic E-state index is -4.42. The zero-order valence-electron chi connectivity index (χ0n) is 11.8. The van der Waals surface area contributed by atoms with Crippen molar-refractivity contribution in [2.75, 3.05) is 10.6 Å². The summed E-state index contributed by atoms with van der Waals surface area (Å²) in [6.45, 7) is 0. The van der Waals surface area contributed by atoms with Crippen molar-refractivity contribution in [2.45, 2.75) is 6.18 Å². The lowest BCUT2D eigenvalue weighted by Gasteiger charge is -2.05. The lowest BCUT2D eigenvalue weighted by Crippen LogP contribution is -2.19. The molecule has 0 unspecified atom stereocenters. The Labute approximate surface area is 143 Å². The highest BCUT2D eigenvalue weighted by Crippen LogP contribution is 2.34. The van der Waals surface area contributed by atoms with Crippen molar-refractivity contribution in [3.63, 3.8) is 0 Å². The number of amides is 2. The number of alkyl halides is 3. The Bertz CT molecular complexity index is 910. The number of rotatable bonds is 2. The van der Waals surface area contributed by atoms with Crippen LogP contribution in [0.5, 0.6) is 0 Å². The second-order valence-corrected chi connectivity index (χ2v) is 6.26. The third-order valence-electron chi connectivity index (χ3n) is 3.02. The van der Waals surface area contributed by atoms with Gasteiger partial charge in [-0.1, -0.05) is 29.0 Å². The lowest BCUT2D eigenvalue weighted by atomic mass is 10.2. The number of halogens is 4. The summed E-state index contributed by atoms with van der Waals surface area (Å²) in [5, 5.41) is 5.72. The predicted octanol–water partition coefficient (Wildman–Crippen LogP) is 5.61. The molecular formula is C15H9ClF3N3OS. The van der Waals surface area contributed by atoms with E-state index in [9.17, 15) is 18.0 Å². The normalized spacial score (nSPS) is 11.5. The SMILES string of the molecule is O=C(Nc1cccc(Cl)c1)Nc1nc2ccc(C(F)(F)F)cc2s1. The van der Waals surface area contributed by atoms with Crippen LogP contribution in [-0.2, 0) is 6.18 Å². The molecule has 0 radical (unpaired) electrons. The standard InChI is InChI=1S/C15H9ClF3N3OS/c16-9-2-1-3-10(7-9)20-13(23)22-14-21-11-5-4-8(15(17,18)19)6-12(11)24-14/h1-7H,(H2,20,21,22,23). The lowest BCUT2D eigenvalue weighted by molar-refractivity contribution is -0.137. The Hall–Kier alpha value is -2.32. The number of thiazole rings is 1. The van der Waals surface area contributed by atoms with Crippen LogP contribution in [0.1, 0.15) is 5.56 Å². The van der Waals surface area contributed by atoms with Gasteiger partial charge in [-0.25, -0.2) is 9.78 Å². The van der Waals surface area contributed by atoms with Crippen LogP contribution in [0.4, 0.5) is 28.8 Å². The number of nitrogens with zero attached hydrogens (tertiary/aromatic N) is 1. The number of benzene rings is 2. The third-order valence-corrected chi connectivity index (χ3v) is 4.19. The second kappa shape index (κ2) is 6.29. The van der Waals surface area contributed by atoms with Crippen LogP contribution < -0.4 is 10.6 Å². The molecule has 0 fully saturated rings. The Morgan fingerprint density at radius 3 is 2.62 bits per heavy atom. The van der Waals surface area contributed by atoms with Crippen LogP contribution in [0.2, 0.25) is 5.02 Å². The molecule has 3 rings (SSSR count). The molecule has 1 heterocycles. The molecular weight excluding hydrogens is 363 g/mol. The molecule has 0 aliphatic heterocycles. The van der Waals surface area contributed by atoms with Gasteiger partial charge in [0.05, 0.1) is 15.8 Å². The van der Waals surface area contributed by atoms with E-state index in [1.165, 1.54) is 6.07 Å². The van der Waals surface area contributed by atoms with Crippen LogP contribution in [0.25, 0.3) is 10.2 Å². The molecule has 0 bridgehead atoms. The molecule has 0 atom stereocenters. The number of aromatic nitrogens is 1. The zero-order valence-corrected chi connectivity index (χ0v) is 13.4. The van der Waals surface area contributed by atoms with Crippen molar-refractivity contribution >= 4 is 50.0 Å². The minimum absolute atomic E-state index is 0.198. The van der Waals surface area contributed by atoms with Crippen LogP contribution in [0, 0.1) is 0 Å². The van der Waals surface area contributed by atoms with E-state index in [-0.39, 0.29) is 5.13 Å². The molecule has 2 N–H and O–H groups in total. The molecule has 4 nitrogen and oxygen atoms in total. The Morgan fingerprint density at radius 1 is 1.12 bits per heavy atom. The van der Waals surface area contributed by atoms with Crippen LogP contribution in [-0.4, -0.2) is 11.0 Å². The topological polar surface area (TPSA) is 54.0 Å².